The van der Waals surface area contributed by atoms with Crippen LogP contribution in [0.25, 0.3) is 0 Å². The number of rotatable bonds is 2. The third-order valence-corrected chi connectivity index (χ3v) is 2.13. The predicted molar refractivity (Wildman–Crippen MR) is 56.4 cm³/mol. The molecule has 72 valence electrons. The minimum absolute atomic E-state index is 0.897. The van der Waals surface area contributed by atoms with Crippen molar-refractivity contribution >= 4 is 0 Å². The first-order chi connectivity index (χ1) is 5.83. The Morgan fingerprint density at radius 2 is 2.17 bits per heavy atom. The highest BCUT2D eigenvalue weighted by atomic mass is 15.1. The van der Waals surface area contributed by atoms with Gasteiger partial charge >= 0.3 is 0 Å². The highest BCUT2D eigenvalue weighted by molar-refractivity contribution is 4.77. The van der Waals surface area contributed by atoms with Gasteiger partial charge in [0.05, 0.1) is 0 Å². The van der Waals surface area contributed by atoms with Gasteiger partial charge in [0.1, 0.15) is 0 Å². The van der Waals surface area contributed by atoms with Crippen molar-refractivity contribution in [1.82, 2.24) is 4.90 Å². The molecule has 0 amide bonds. The minimum Gasteiger partial charge on any atom is -0.299 e. The Balaban J connectivity index is 0.000000561. The Hall–Kier alpha value is -0.300. The Morgan fingerprint density at radius 3 is 2.67 bits per heavy atom. The zero-order chi connectivity index (χ0) is 9.40. The van der Waals surface area contributed by atoms with Gasteiger partial charge in [-0.25, -0.2) is 0 Å². The second-order valence-corrected chi connectivity index (χ2v) is 3.30. The smallest absolute Gasteiger partial charge is 0.0160 e. The molecule has 0 bridgehead atoms. The standard InChI is InChI=1S/C9H17N.C2H6/c1-3-6-10-7-4-5-9(2)8-10;1-2/h3,9H,1,4-8H2,2H3;1-2H3. The van der Waals surface area contributed by atoms with Gasteiger partial charge in [-0.2, -0.15) is 0 Å². The zero-order valence-electron chi connectivity index (χ0n) is 8.84. The molecule has 0 saturated carbocycles. The molecule has 1 unspecified atom stereocenters. The molecule has 1 saturated heterocycles. The molecular formula is C11H23N. The molecule has 1 nitrogen and oxygen atoms in total. The first-order valence-electron chi connectivity index (χ1n) is 5.16. The van der Waals surface area contributed by atoms with E-state index in [1.54, 1.807) is 0 Å². The van der Waals surface area contributed by atoms with Crippen molar-refractivity contribution in [2.75, 3.05) is 19.6 Å². The summed E-state index contributed by atoms with van der Waals surface area (Å²) in [5.74, 6) is 0.897. The average Bonchev–Trinajstić information content (AvgIpc) is 2.09. The summed E-state index contributed by atoms with van der Waals surface area (Å²) < 4.78 is 0. The molecule has 0 aliphatic carbocycles. The Morgan fingerprint density at radius 1 is 1.50 bits per heavy atom. The summed E-state index contributed by atoms with van der Waals surface area (Å²) in [5.41, 5.74) is 0. The quantitative estimate of drug-likeness (QED) is 0.574. The summed E-state index contributed by atoms with van der Waals surface area (Å²) >= 11 is 0. The van der Waals surface area contributed by atoms with Gasteiger partial charge < -0.3 is 0 Å². The number of nitrogens with zero attached hydrogens (tertiary/aromatic N) is 1. The van der Waals surface area contributed by atoms with Crippen molar-refractivity contribution in [2.45, 2.75) is 33.6 Å². The van der Waals surface area contributed by atoms with Crippen LogP contribution in [-0.4, -0.2) is 24.5 Å². The van der Waals surface area contributed by atoms with Crippen LogP contribution in [0.1, 0.15) is 33.6 Å². The molecule has 0 aromatic rings. The van der Waals surface area contributed by atoms with E-state index in [-0.39, 0.29) is 0 Å². The van der Waals surface area contributed by atoms with Gasteiger partial charge in [0.25, 0.3) is 0 Å². The van der Waals surface area contributed by atoms with Gasteiger partial charge in [0, 0.05) is 13.1 Å². The lowest BCUT2D eigenvalue weighted by Gasteiger charge is -2.29. The zero-order valence-corrected chi connectivity index (χ0v) is 8.84. The maximum absolute atomic E-state index is 3.74. The van der Waals surface area contributed by atoms with Crippen LogP contribution in [-0.2, 0) is 0 Å². The number of hydrogen-bond donors (Lipinski definition) is 0. The summed E-state index contributed by atoms with van der Waals surface area (Å²) in [6.45, 7) is 13.7. The van der Waals surface area contributed by atoms with Crippen LogP contribution >= 0.6 is 0 Å². The molecular weight excluding hydrogens is 146 g/mol. The predicted octanol–water partition coefficient (Wildman–Crippen LogP) is 2.93. The van der Waals surface area contributed by atoms with Crippen molar-refractivity contribution in [3.8, 4) is 0 Å². The van der Waals surface area contributed by atoms with Gasteiger partial charge in [-0.1, -0.05) is 26.8 Å². The molecule has 1 atom stereocenters. The van der Waals surface area contributed by atoms with Crippen LogP contribution < -0.4 is 0 Å². The molecule has 0 radical (unpaired) electrons. The minimum atomic E-state index is 0.897. The Bertz CT molecular complexity index is 110. The lowest BCUT2D eigenvalue weighted by atomic mass is 10.0. The van der Waals surface area contributed by atoms with Gasteiger partial charge in [-0.05, 0) is 25.3 Å². The molecule has 0 aromatic carbocycles. The molecule has 1 heterocycles. The van der Waals surface area contributed by atoms with E-state index in [9.17, 15) is 0 Å². The fourth-order valence-electron chi connectivity index (χ4n) is 1.64. The topological polar surface area (TPSA) is 3.24 Å². The van der Waals surface area contributed by atoms with Crippen LogP contribution in [0.4, 0.5) is 0 Å². The second-order valence-electron chi connectivity index (χ2n) is 3.30. The first kappa shape index (κ1) is 11.7. The number of piperidine rings is 1. The molecule has 1 rings (SSSR count). The monoisotopic (exact) mass is 169 g/mol. The van der Waals surface area contributed by atoms with Gasteiger partial charge in [0.2, 0.25) is 0 Å². The fourth-order valence-corrected chi connectivity index (χ4v) is 1.64. The van der Waals surface area contributed by atoms with Crippen molar-refractivity contribution in [3.63, 3.8) is 0 Å². The first-order valence-corrected chi connectivity index (χ1v) is 5.16. The van der Waals surface area contributed by atoms with E-state index in [1.807, 2.05) is 19.9 Å². The Kier molecular flexibility index (Phi) is 7.17. The van der Waals surface area contributed by atoms with Crippen LogP contribution in [0, 0.1) is 5.92 Å². The van der Waals surface area contributed by atoms with E-state index in [1.165, 1.54) is 25.9 Å². The lowest BCUT2D eigenvalue weighted by Crippen LogP contribution is -2.34. The summed E-state index contributed by atoms with van der Waals surface area (Å²) in [4.78, 5) is 2.47. The molecule has 1 heteroatoms. The van der Waals surface area contributed by atoms with Crippen molar-refractivity contribution in [1.29, 1.82) is 0 Å². The van der Waals surface area contributed by atoms with Crippen molar-refractivity contribution in [3.05, 3.63) is 12.7 Å². The highest BCUT2D eigenvalue weighted by Gasteiger charge is 2.13. The lowest BCUT2D eigenvalue weighted by molar-refractivity contribution is 0.201. The molecule has 0 N–H and O–H groups in total. The molecule has 1 aliphatic rings. The van der Waals surface area contributed by atoms with Gasteiger partial charge in [-0.15, -0.1) is 6.58 Å². The third kappa shape index (κ3) is 4.55. The number of likely N-dealkylation sites (tertiary alicyclic amines) is 1. The van der Waals surface area contributed by atoms with E-state index < -0.39 is 0 Å². The van der Waals surface area contributed by atoms with E-state index in [4.69, 9.17) is 0 Å². The molecule has 0 spiro atoms. The average molecular weight is 169 g/mol. The molecule has 1 fully saturated rings. The summed E-state index contributed by atoms with van der Waals surface area (Å²) in [5, 5.41) is 0. The van der Waals surface area contributed by atoms with Crippen LogP contribution in [0.5, 0.6) is 0 Å². The van der Waals surface area contributed by atoms with Crippen molar-refractivity contribution in [2.24, 2.45) is 5.92 Å². The summed E-state index contributed by atoms with van der Waals surface area (Å²) in [7, 11) is 0. The molecule has 12 heavy (non-hydrogen) atoms. The fraction of sp³-hybridized carbons (Fsp3) is 0.818. The normalized spacial score (nSPS) is 24.1. The largest absolute Gasteiger partial charge is 0.299 e. The van der Waals surface area contributed by atoms with E-state index >= 15 is 0 Å². The maximum Gasteiger partial charge on any atom is 0.0160 e. The van der Waals surface area contributed by atoms with Crippen LogP contribution in [0.15, 0.2) is 12.7 Å². The van der Waals surface area contributed by atoms with Crippen LogP contribution in [0.3, 0.4) is 0 Å². The highest BCUT2D eigenvalue weighted by Crippen LogP contribution is 2.14. The Labute approximate surface area is 77.5 Å². The number of hydrogen-bond acceptors (Lipinski definition) is 1. The molecule has 1 aliphatic heterocycles. The van der Waals surface area contributed by atoms with Gasteiger partial charge in [-0.3, -0.25) is 4.90 Å². The summed E-state index contributed by atoms with van der Waals surface area (Å²) in [6, 6.07) is 0. The van der Waals surface area contributed by atoms with Gasteiger partial charge in [0.15, 0.2) is 0 Å². The van der Waals surface area contributed by atoms with E-state index in [2.05, 4.69) is 18.4 Å². The summed E-state index contributed by atoms with van der Waals surface area (Å²) in [6.07, 6.45) is 4.78. The van der Waals surface area contributed by atoms with E-state index in [0.717, 1.165) is 12.5 Å². The maximum atomic E-state index is 3.74. The third-order valence-electron chi connectivity index (χ3n) is 2.13. The molecule has 0 aromatic heterocycles. The SMILES string of the molecule is C=CCN1CCCC(C)C1.CC. The van der Waals surface area contributed by atoms with Crippen LogP contribution in [0.2, 0.25) is 0 Å². The van der Waals surface area contributed by atoms with E-state index in [0.29, 0.717) is 0 Å². The van der Waals surface area contributed by atoms with Crippen molar-refractivity contribution < 1.29 is 0 Å². The second kappa shape index (κ2) is 7.35.